The van der Waals surface area contributed by atoms with Crippen molar-refractivity contribution in [2.24, 2.45) is 0 Å². The predicted molar refractivity (Wildman–Crippen MR) is 71.4 cm³/mol. The number of aryl methyl sites for hydroxylation is 1. The summed E-state index contributed by atoms with van der Waals surface area (Å²) < 4.78 is 16.7. The van der Waals surface area contributed by atoms with Crippen molar-refractivity contribution in [1.82, 2.24) is 14.9 Å². The van der Waals surface area contributed by atoms with Crippen LogP contribution >= 0.6 is 0 Å². The third-order valence-electron chi connectivity index (χ3n) is 3.75. The summed E-state index contributed by atoms with van der Waals surface area (Å²) in [6, 6.07) is 0.332. The molecular formula is C14H24FN3. The molecule has 18 heavy (non-hydrogen) atoms. The fourth-order valence-corrected chi connectivity index (χ4v) is 2.81. The van der Waals surface area contributed by atoms with Gasteiger partial charge < -0.3 is 9.88 Å². The number of imidazole rings is 1. The second kappa shape index (κ2) is 5.83. The molecule has 2 unspecified atom stereocenters. The summed E-state index contributed by atoms with van der Waals surface area (Å²) in [7, 11) is 0. The second-order valence-electron chi connectivity index (χ2n) is 5.57. The summed E-state index contributed by atoms with van der Waals surface area (Å²) in [4.78, 5) is 4.27. The van der Waals surface area contributed by atoms with Crippen LogP contribution in [0.3, 0.4) is 0 Å². The van der Waals surface area contributed by atoms with Crippen molar-refractivity contribution < 1.29 is 4.39 Å². The molecule has 0 aliphatic carbocycles. The minimum atomic E-state index is -1.17. The van der Waals surface area contributed by atoms with E-state index in [1.54, 1.807) is 13.1 Å². The molecule has 4 heteroatoms. The lowest BCUT2D eigenvalue weighted by molar-refractivity contribution is 0.142. The Kier molecular flexibility index (Phi) is 4.38. The molecule has 1 N–H and O–H groups in total. The molecular weight excluding hydrogens is 229 g/mol. The number of nitrogens with one attached hydrogen (secondary N) is 1. The van der Waals surface area contributed by atoms with Crippen LogP contribution in [0, 0.1) is 0 Å². The van der Waals surface area contributed by atoms with Gasteiger partial charge in [0, 0.05) is 31.4 Å². The minimum Gasteiger partial charge on any atom is -0.335 e. The molecule has 0 aromatic carbocycles. The van der Waals surface area contributed by atoms with Crippen molar-refractivity contribution in [2.45, 2.75) is 64.2 Å². The number of alkyl halides is 1. The van der Waals surface area contributed by atoms with Gasteiger partial charge in [-0.3, -0.25) is 0 Å². The van der Waals surface area contributed by atoms with E-state index in [0.29, 0.717) is 18.9 Å². The normalized spacial score (nSPS) is 23.8. The van der Waals surface area contributed by atoms with Crippen molar-refractivity contribution in [3.05, 3.63) is 18.2 Å². The average molecular weight is 253 g/mol. The van der Waals surface area contributed by atoms with Gasteiger partial charge in [-0.2, -0.15) is 0 Å². The van der Waals surface area contributed by atoms with Gasteiger partial charge in [0.05, 0.1) is 0 Å². The average Bonchev–Trinajstić information content (AvgIpc) is 2.76. The molecule has 1 fully saturated rings. The topological polar surface area (TPSA) is 29.9 Å². The van der Waals surface area contributed by atoms with E-state index in [9.17, 15) is 4.39 Å². The van der Waals surface area contributed by atoms with Crippen LogP contribution in [0.1, 0.15) is 45.4 Å². The molecule has 1 aliphatic rings. The molecule has 2 atom stereocenters. The van der Waals surface area contributed by atoms with Crippen LogP contribution < -0.4 is 5.32 Å². The molecule has 1 aliphatic heterocycles. The third kappa shape index (κ3) is 3.55. The number of halogens is 1. The lowest BCUT2D eigenvalue weighted by Gasteiger charge is -2.29. The van der Waals surface area contributed by atoms with Crippen LogP contribution in [0.4, 0.5) is 4.39 Å². The van der Waals surface area contributed by atoms with Gasteiger partial charge in [-0.1, -0.05) is 6.42 Å². The Bertz CT molecular complexity index is 367. The van der Waals surface area contributed by atoms with Crippen LogP contribution in [0.5, 0.6) is 0 Å². The number of rotatable bonds is 5. The summed E-state index contributed by atoms with van der Waals surface area (Å²) in [6.45, 7) is 5.65. The highest BCUT2D eigenvalue weighted by Gasteiger charge is 2.30. The molecule has 0 bridgehead atoms. The summed E-state index contributed by atoms with van der Waals surface area (Å²) in [5, 5.41) is 3.42. The van der Waals surface area contributed by atoms with Crippen LogP contribution in [0.2, 0.25) is 0 Å². The lowest BCUT2D eigenvalue weighted by atomic mass is 9.90. The Hall–Kier alpha value is -0.900. The van der Waals surface area contributed by atoms with Crippen LogP contribution in [-0.2, 0) is 13.0 Å². The first kappa shape index (κ1) is 13.5. The first-order valence-electron chi connectivity index (χ1n) is 7.03. The van der Waals surface area contributed by atoms with Crippen LogP contribution in [0.25, 0.3) is 0 Å². The lowest BCUT2D eigenvalue weighted by Crippen LogP contribution is -2.40. The zero-order valence-corrected chi connectivity index (χ0v) is 11.5. The highest BCUT2D eigenvalue weighted by Crippen LogP contribution is 2.25. The van der Waals surface area contributed by atoms with Gasteiger partial charge in [0.1, 0.15) is 11.5 Å². The quantitative estimate of drug-likeness (QED) is 0.874. The molecule has 102 valence electrons. The first-order chi connectivity index (χ1) is 8.61. The maximum Gasteiger partial charge on any atom is 0.116 e. The van der Waals surface area contributed by atoms with Crippen LogP contribution in [0.15, 0.2) is 12.4 Å². The van der Waals surface area contributed by atoms with Crippen molar-refractivity contribution in [3.8, 4) is 0 Å². The van der Waals surface area contributed by atoms with Gasteiger partial charge in [-0.05, 0) is 39.7 Å². The number of nitrogens with zero attached hydrogens (tertiary/aromatic N) is 2. The molecule has 2 rings (SSSR count). The van der Waals surface area contributed by atoms with E-state index in [2.05, 4.69) is 17.2 Å². The molecule has 0 saturated carbocycles. The standard InChI is InChI=1S/C14H24FN3/c1-3-18-9-8-17-13(18)11-14(2,15)10-12-6-4-5-7-16-12/h8-9,12,16H,3-7,10-11H2,1-2H3. The van der Waals surface area contributed by atoms with E-state index in [-0.39, 0.29) is 0 Å². The monoisotopic (exact) mass is 253 g/mol. The van der Waals surface area contributed by atoms with Gasteiger partial charge in [0.15, 0.2) is 0 Å². The summed E-state index contributed by atoms with van der Waals surface area (Å²) in [5.74, 6) is 0.860. The second-order valence-corrected chi connectivity index (χ2v) is 5.57. The maximum absolute atomic E-state index is 14.7. The van der Waals surface area contributed by atoms with Crippen LogP contribution in [-0.4, -0.2) is 27.8 Å². The van der Waals surface area contributed by atoms with Crippen molar-refractivity contribution in [2.75, 3.05) is 6.54 Å². The van der Waals surface area contributed by atoms with Crippen molar-refractivity contribution >= 4 is 0 Å². The molecule has 0 radical (unpaired) electrons. The molecule has 1 aromatic rings. The van der Waals surface area contributed by atoms with Gasteiger partial charge in [-0.15, -0.1) is 0 Å². The zero-order valence-electron chi connectivity index (χ0n) is 11.5. The Morgan fingerprint density at radius 1 is 1.56 bits per heavy atom. The summed E-state index contributed by atoms with van der Waals surface area (Å²) >= 11 is 0. The predicted octanol–water partition coefficient (Wildman–Crippen LogP) is 2.71. The van der Waals surface area contributed by atoms with Crippen molar-refractivity contribution in [3.63, 3.8) is 0 Å². The highest BCUT2D eigenvalue weighted by molar-refractivity contribution is 4.99. The van der Waals surface area contributed by atoms with Gasteiger partial charge >= 0.3 is 0 Å². The molecule has 3 nitrogen and oxygen atoms in total. The van der Waals surface area contributed by atoms with Gasteiger partial charge in [0.2, 0.25) is 0 Å². The fourth-order valence-electron chi connectivity index (χ4n) is 2.81. The molecule has 1 aromatic heterocycles. The summed E-state index contributed by atoms with van der Waals surface area (Å²) in [6.07, 6.45) is 8.21. The van der Waals surface area contributed by atoms with E-state index >= 15 is 0 Å². The van der Waals surface area contributed by atoms with Gasteiger partial charge in [0.25, 0.3) is 0 Å². The van der Waals surface area contributed by atoms with E-state index < -0.39 is 5.67 Å². The van der Waals surface area contributed by atoms with Crippen molar-refractivity contribution in [1.29, 1.82) is 0 Å². The Labute approximate surface area is 109 Å². The fraction of sp³-hybridized carbons (Fsp3) is 0.786. The highest BCUT2D eigenvalue weighted by atomic mass is 19.1. The Balaban J connectivity index is 1.93. The van der Waals surface area contributed by atoms with E-state index in [1.807, 2.05) is 10.8 Å². The maximum atomic E-state index is 14.7. The molecule has 1 saturated heterocycles. The largest absolute Gasteiger partial charge is 0.335 e. The molecule has 2 heterocycles. The third-order valence-corrected chi connectivity index (χ3v) is 3.75. The number of piperidine rings is 1. The zero-order chi connectivity index (χ0) is 13.0. The van der Waals surface area contributed by atoms with Gasteiger partial charge in [-0.25, -0.2) is 9.37 Å². The summed E-state index contributed by atoms with van der Waals surface area (Å²) in [5.41, 5.74) is -1.17. The minimum absolute atomic E-state index is 0.332. The smallest absolute Gasteiger partial charge is 0.116 e. The number of hydrogen-bond donors (Lipinski definition) is 1. The first-order valence-corrected chi connectivity index (χ1v) is 7.03. The Morgan fingerprint density at radius 2 is 2.39 bits per heavy atom. The van der Waals surface area contributed by atoms with E-state index in [1.165, 1.54) is 12.8 Å². The SMILES string of the molecule is CCn1ccnc1CC(C)(F)CC1CCCCN1. The van der Waals surface area contributed by atoms with E-state index in [0.717, 1.165) is 25.3 Å². The molecule has 0 spiro atoms. The molecule has 0 amide bonds. The number of hydrogen-bond acceptors (Lipinski definition) is 2. The number of aromatic nitrogens is 2. The van der Waals surface area contributed by atoms with E-state index in [4.69, 9.17) is 0 Å². The Morgan fingerprint density at radius 3 is 3.06 bits per heavy atom.